The lowest BCUT2D eigenvalue weighted by Gasteiger charge is -2.26. The maximum Gasteiger partial charge on any atom is 0.238 e. The summed E-state index contributed by atoms with van der Waals surface area (Å²) in [5, 5.41) is 5.73. The lowest BCUT2D eigenvalue weighted by Crippen LogP contribution is -2.47. The van der Waals surface area contributed by atoms with Crippen LogP contribution in [0.25, 0.3) is 0 Å². The molecular weight excluding hydrogens is 294 g/mol. The van der Waals surface area contributed by atoms with Gasteiger partial charge in [0.25, 0.3) is 0 Å². The van der Waals surface area contributed by atoms with Crippen LogP contribution >= 0.6 is 0 Å². The number of carbonyl (C=O) groups excluding carboxylic acids is 2. The number of rotatable bonds is 8. The molecule has 0 fully saturated rings. The smallest absolute Gasteiger partial charge is 0.238 e. The summed E-state index contributed by atoms with van der Waals surface area (Å²) < 4.78 is 5.11. The fourth-order valence-corrected chi connectivity index (χ4v) is 1.95. The van der Waals surface area contributed by atoms with E-state index in [1.54, 1.807) is 37.3 Å². The molecule has 0 unspecified atom stereocenters. The van der Waals surface area contributed by atoms with Gasteiger partial charge in [-0.3, -0.25) is 14.5 Å². The molecule has 0 aliphatic heterocycles. The van der Waals surface area contributed by atoms with Crippen LogP contribution in [0.3, 0.4) is 0 Å². The van der Waals surface area contributed by atoms with E-state index in [1.165, 1.54) is 0 Å². The van der Waals surface area contributed by atoms with E-state index in [-0.39, 0.29) is 30.4 Å². The van der Waals surface area contributed by atoms with Crippen LogP contribution in [0.1, 0.15) is 27.2 Å². The second kappa shape index (κ2) is 8.53. The molecule has 0 spiro atoms. The predicted molar refractivity (Wildman–Crippen MR) is 91.6 cm³/mol. The molecule has 0 atom stereocenters. The summed E-state index contributed by atoms with van der Waals surface area (Å²) in [4.78, 5) is 25.6. The first-order valence-electron chi connectivity index (χ1n) is 7.69. The van der Waals surface area contributed by atoms with Gasteiger partial charge in [-0.15, -0.1) is 0 Å². The van der Waals surface area contributed by atoms with Crippen molar-refractivity contribution < 1.29 is 14.3 Å². The topological polar surface area (TPSA) is 70.7 Å². The van der Waals surface area contributed by atoms with E-state index in [0.29, 0.717) is 11.4 Å². The van der Waals surface area contributed by atoms with Crippen molar-refractivity contribution in [3.63, 3.8) is 0 Å². The number of benzene rings is 1. The molecule has 1 rings (SSSR count). The van der Waals surface area contributed by atoms with Crippen LogP contribution in [0, 0.1) is 0 Å². The quantitative estimate of drug-likeness (QED) is 0.767. The molecule has 0 aliphatic rings. The molecule has 6 nitrogen and oxygen atoms in total. The lowest BCUT2D eigenvalue weighted by molar-refractivity contribution is -0.124. The van der Waals surface area contributed by atoms with E-state index in [2.05, 4.69) is 10.6 Å². The summed E-state index contributed by atoms with van der Waals surface area (Å²) in [7, 11) is 3.31. The third-order valence-corrected chi connectivity index (χ3v) is 3.54. The van der Waals surface area contributed by atoms with Gasteiger partial charge in [-0.1, -0.05) is 13.0 Å². The molecule has 6 heteroatoms. The highest BCUT2D eigenvalue weighted by atomic mass is 16.5. The summed E-state index contributed by atoms with van der Waals surface area (Å²) in [5.41, 5.74) is 0.431. The molecule has 128 valence electrons. The van der Waals surface area contributed by atoms with Crippen molar-refractivity contribution in [3.8, 4) is 5.75 Å². The van der Waals surface area contributed by atoms with E-state index in [4.69, 9.17) is 4.74 Å². The van der Waals surface area contributed by atoms with Crippen molar-refractivity contribution in [1.29, 1.82) is 0 Å². The Morgan fingerprint density at radius 3 is 2.48 bits per heavy atom. The van der Waals surface area contributed by atoms with Gasteiger partial charge in [0.05, 0.1) is 20.2 Å². The Morgan fingerprint density at radius 1 is 1.22 bits per heavy atom. The van der Waals surface area contributed by atoms with E-state index < -0.39 is 0 Å². The minimum absolute atomic E-state index is 0.0893. The highest BCUT2D eigenvalue weighted by molar-refractivity contribution is 5.92. The minimum Gasteiger partial charge on any atom is -0.497 e. The Hall–Kier alpha value is -2.08. The Kier molecular flexibility index (Phi) is 7.03. The number of methoxy groups -OCH3 is 1. The van der Waals surface area contributed by atoms with Crippen LogP contribution in [0.2, 0.25) is 0 Å². The first-order chi connectivity index (χ1) is 10.8. The summed E-state index contributed by atoms with van der Waals surface area (Å²) in [5.74, 6) is 0.411. The number of hydrogen-bond acceptors (Lipinski definition) is 4. The molecule has 0 bridgehead atoms. The van der Waals surface area contributed by atoms with Crippen molar-refractivity contribution in [2.45, 2.75) is 32.7 Å². The number of hydrogen-bond donors (Lipinski definition) is 2. The fraction of sp³-hybridized carbons (Fsp3) is 0.529. The molecular formula is C17H27N3O3. The minimum atomic E-state index is -0.235. The second-order valence-electron chi connectivity index (χ2n) is 6.24. The van der Waals surface area contributed by atoms with Crippen molar-refractivity contribution in [1.82, 2.24) is 10.2 Å². The number of nitrogens with zero attached hydrogens (tertiary/aromatic N) is 1. The van der Waals surface area contributed by atoms with E-state index in [9.17, 15) is 9.59 Å². The summed E-state index contributed by atoms with van der Waals surface area (Å²) in [6, 6.07) is 7.14. The van der Waals surface area contributed by atoms with Gasteiger partial charge >= 0.3 is 0 Å². The van der Waals surface area contributed by atoms with Crippen LogP contribution in [0.5, 0.6) is 5.75 Å². The summed E-state index contributed by atoms with van der Waals surface area (Å²) >= 11 is 0. The normalized spacial score (nSPS) is 11.2. The maximum atomic E-state index is 12.0. The van der Waals surface area contributed by atoms with Crippen molar-refractivity contribution >= 4 is 17.5 Å². The van der Waals surface area contributed by atoms with Crippen LogP contribution in [0.15, 0.2) is 24.3 Å². The predicted octanol–water partition coefficient (Wildman–Crippen LogP) is 1.87. The van der Waals surface area contributed by atoms with Crippen LogP contribution in [-0.2, 0) is 9.59 Å². The monoisotopic (exact) mass is 321 g/mol. The fourth-order valence-electron chi connectivity index (χ4n) is 1.95. The third-order valence-electron chi connectivity index (χ3n) is 3.54. The van der Waals surface area contributed by atoms with Crippen molar-refractivity contribution in [2.75, 3.05) is 32.6 Å². The molecule has 1 aromatic rings. The molecule has 0 radical (unpaired) electrons. The van der Waals surface area contributed by atoms with Gasteiger partial charge in [0.2, 0.25) is 11.8 Å². The average Bonchev–Trinajstić information content (AvgIpc) is 2.46. The first-order valence-corrected chi connectivity index (χ1v) is 7.69. The number of carbonyl (C=O) groups is 2. The summed E-state index contributed by atoms with van der Waals surface area (Å²) in [6.07, 6.45) is 0.846. The van der Waals surface area contributed by atoms with E-state index in [1.807, 2.05) is 26.8 Å². The highest BCUT2D eigenvalue weighted by Gasteiger charge is 2.19. The number of likely N-dealkylation sites (N-methyl/N-ethyl adjacent to an activating group) is 1. The van der Waals surface area contributed by atoms with Crippen LogP contribution in [0.4, 0.5) is 5.69 Å². The number of amides is 2. The molecule has 0 aliphatic carbocycles. The molecule has 0 aromatic heterocycles. The third kappa shape index (κ3) is 7.15. The van der Waals surface area contributed by atoms with Gasteiger partial charge in [-0.25, -0.2) is 0 Å². The van der Waals surface area contributed by atoms with Gasteiger partial charge in [0, 0.05) is 17.3 Å². The zero-order valence-corrected chi connectivity index (χ0v) is 14.6. The Labute approximate surface area is 138 Å². The second-order valence-corrected chi connectivity index (χ2v) is 6.24. The van der Waals surface area contributed by atoms with Gasteiger partial charge in [-0.05, 0) is 39.4 Å². The van der Waals surface area contributed by atoms with Crippen LogP contribution < -0.4 is 15.4 Å². The Balaban J connectivity index is 2.45. The van der Waals surface area contributed by atoms with Crippen molar-refractivity contribution in [2.24, 2.45) is 0 Å². The molecule has 0 heterocycles. The molecule has 0 saturated carbocycles. The van der Waals surface area contributed by atoms with E-state index >= 15 is 0 Å². The number of ether oxygens (including phenoxy) is 1. The van der Waals surface area contributed by atoms with Crippen molar-refractivity contribution in [3.05, 3.63) is 24.3 Å². The Bertz CT molecular complexity index is 544. The Morgan fingerprint density at radius 2 is 1.87 bits per heavy atom. The molecule has 2 amide bonds. The van der Waals surface area contributed by atoms with Gasteiger partial charge in [0.1, 0.15) is 5.75 Å². The number of anilines is 1. The van der Waals surface area contributed by atoms with Crippen LogP contribution in [-0.4, -0.2) is 49.5 Å². The summed E-state index contributed by atoms with van der Waals surface area (Å²) in [6.45, 7) is 6.28. The molecule has 2 N–H and O–H groups in total. The number of nitrogens with one attached hydrogen (secondary N) is 2. The SMILES string of the molecule is CCC(C)(C)NC(=O)CN(C)CC(=O)Nc1cccc(OC)c1. The van der Waals surface area contributed by atoms with E-state index in [0.717, 1.165) is 6.42 Å². The molecule has 23 heavy (non-hydrogen) atoms. The molecule has 0 saturated heterocycles. The zero-order chi connectivity index (χ0) is 17.5. The zero-order valence-electron chi connectivity index (χ0n) is 14.6. The largest absolute Gasteiger partial charge is 0.497 e. The van der Waals surface area contributed by atoms with Gasteiger partial charge < -0.3 is 15.4 Å². The first kappa shape index (κ1) is 19.0. The average molecular weight is 321 g/mol. The van der Waals surface area contributed by atoms with Gasteiger partial charge in [0.15, 0.2) is 0 Å². The standard InChI is InChI=1S/C17H27N3O3/c1-6-17(2,3)19-16(22)12-20(4)11-15(21)18-13-8-7-9-14(10-13)23-5/h7-10H,6,11-12H2,1-5H3,(H,18,21)(H,19,22). The van der Waals surface area contributed by atoms with Gasteiger partial charge in [-0.2, -0.15) is 0 Å². The maximum absolute atomic E-state index is 12.0. The highest BCUT2D eigenvalue weighted by Crippen LogP contribution is 2.16. The molecule has 1 aromatic carbocycles. The lowest BCUT2D eigenvalue weighted by atomic mass is 10.0.